The van der Waals surface area contributed by atoms with Crippen molar-refractivity contribution in [2.45, 2.75) is 43.6 Å². The molecule has 1 heterocycles. The van der Waals surface area contributed by atoms with Crippen LogP contribution in [-0.2, 0) is 10.2 Å². The van der Waals surface area contributed by atoms with Crippen molar-refractivity contribution < 1.29 is 14.6 Å². The van der Waals surface area contributed by atoms with Gasteiger partial charge in [0.2, 0.25) is 0 Å². The van der Waals surface area contributed by atoms with Crippen LogP contribution >= 0.6 is 11.8 Å². The lowest BCUT2D eigenvalue weighted by Gasteiger charge is -2.27. The molecule has 0 amide bonds. The number of carboxylic acids is 1. The summed E-state index contributed by atoms with van der Waals surface area (Å²) in [5.74, 6) is 2.22. The van der Waals surface area contributed by atoms with Crippen LogP contribution in [0.3, 0.4) is 0 Å². The molecule has 1 unspecified atom stereocenters. The number of carbonyl (C=O) groups is 1. The molecule has 1 saturated carbocycles. The summed E-state index contributed by atoms with van der Waals surface area (Å²) in [5, 5.41) is 9.74. The molecule has 1 aromatic carbocycles. The highest BCUT2D eigenvalue weighted by molar-refractivity contribution is 7.99. The van der Waals surface area contributed by atoms with Gasteiger partial charge in [-0.3, -0.25) is 4.79 Å². The predicted octanol–water partition coefficient (Wildman–Crippen LogP) is 3.47. The zero-order valence-electron chi connectivity index (χ0n) is 11.5. The number of thioether (sulfide) groups is 1. The Balaban J connectivity index is 1.93. The van der Waals surface area contributed by atoms with Crippen LogP contribution < -0.4 is 4.74 Å². The average Bonchev–Trinajstić information content (AvgIpc) is 3.10. The fourth-order valence-corrected chi connectivity index (χ4v) is 4.42. The molecule has 20 heavy (non-hydrogen) atoms. The maximum absolute atomic E-state index is 11.9. The summed E-state index contributed by atoms with van der Waals surface area (Å²) >= 11 is 1.90. The number of hydrogen-bond acceptors (Lipinski definition) is 3. The molecule has 0 spiro atoms. The van der Waals surface area contributed by atoms with Gasteiger partial charge in [0.1, 0.15) is 11.9 Å². The number of hydrogen-bond donors (Lipinski definition) is 1. The van der Waals surface area contributed by atoms with Crippen LogP contribution in [0.5, 0.6) is 5.75 Å². The quantitative estimate of drug-likeness (QED) is 0.923. The van der Waals surface area contributed by atoms with Crippen LogP contribution in [0.25, 0.3) is 0 Å². The SMILES string of the molecule is O=C(O)C1(c2ccccc2OC2CCSC2)CCCC1. The Morgan fingerprint density at radius 3 is 2.70 bits per heavy atom. The van der Waals surface area contributed by atoms with Gasteiger partial charge in [0.25, 0.3) is 0 Å². The molecule has 1 atom stereocenters. The fourth-order valence-electron chi connectivity index (χ4n) is 3.33. The Kier molecular flexibility index (Phi) is 3.92. The molecule has 4 heteroatoms. The molecule has 1 saturated heterocycles. The number of para-hydroxylation sites is 1. The van der Waals surface area contributed by atoms with E-state index in [0.29, 0.717) is 0 Å². The highest BCUT2D eigenvalue weighted by Crippen LogP contribution is 2.45. The third-order valence-electron chi connectivity index (χ3n) is 4.45. The van der Waals surface area contributed by atoms with E-state index in [9.17, 15) is 9.90 Å². The second kappa shape index (κ2) is 5.68. The minimum Gasteiger partial charge on any atom is -0.489 e. The van der Waals surface area contributed by atoms with Crippen LogP contribution in [-0.4, -0.2) is 28.7 Å². The van der Waals surface area contributed by atoms with Crippen LogP contribution in [0.1, 0.15) is 37.7 Å². The third-order valence-corrected chi connectivity index (χ3v) is 5.58. The second-order valence-electron chi connectivity index (χ2n) is 5.69. The van der Waals surface area contributed by atoms with Gasteiger partial charge in [-0.1, -0.05) is 31.0 Å². The highest BCUT2D eigenvalue weighted by atomic mass is 32.2. The standard InChI is InChI=1S/C16H20O3S/c17-15(18)16(8-3-4-9-16)13-5-1-2-6-14(13)19-12-7-10-20-11-12/h1-2,5-6,12H,3-4,7-11H2,(H,17,18). The number of carboxylic acid groups (broad SMARTS) is 1. The third kappa shape index (κ3) is 2.41. The van der Waals surface area contributed by atoms with Crippen molar-refractivity contribution >= 4 is 17.7 Å². The Labute approximate surface area is 123 Å². The number of aliphatic carboxylic acids is 1. The molecule has 0 aromatic heterocycles. The van der Waals surface area contributed by atoms with Gasteiger partial charge < -0.3 is 9.84 Å². The van der Waals surface area contributed by atoms with Crippen molar-refractivity contribution in [3.8, 4) is 5.75 Å². The number of ether oxygens (including phenoxy) is 1. The van der Waals surface area contributed by atoms with Crippen molar-refractivity contribution in [1.29, 1.82) is 0 Å². The molecule has 0 bridgehead atoms. The minimum absolute atomic E-state index is 0.230. The van der Waals surface area contributed by atoms with E-state index in [0.717, 1.165) is 54.9 Å². The van der Waals surface area contributed by atoms with Gasteiger partial charge in [0, 0.05) is 11.3 Å². The summed E-state index contributed by atoms with van der Waals surface area (Å²) in [4.78, 5) is 11.9. The lowest BCUT2D eigenvalue weighted by atomic mass is 9.78. The van der Waals surface area contributed by atoms with Gasteiger partial charge in [-0.25, -0.2) is 0 Å². The van der Waals surface area contributed by atoms with Gasteiger partial charge in [-0.05, 0) is 31.1 Å². The topological polar surface area (TPSA) is 46.5 Å². The van der Waals surface area contributed by atoms with E-state index >= 15 is 0 Å². The molecular formula is C16H20O3S. The zero-order valence-corrected chi connectivity index (χ0v) is 12.3. The summed E-state index contributed by atoms with van der Waals surface area (Å²) in [6, 6.07) is 7.73. The lowest BCUT2D eigenvalue weighted by molar-refractivity contribution is -0.143. The molecule has 3 nitrogen and oxygen atoms in total. The molecule has 1 aromatic rings. The lowest BCUT2D eigenvalue weighted by Crippen LogP contribution is -2.33. The van der Waals surface area contributed by atoms with Crippen molar-refractivity contribution in [2.24, 2.45) is 0 Å². The molecule has 2 aliphatic rings. The molecule has 2 fully saturated rings. The van der Waals surface area contributed by atoms with E-state index in [1.54, 1.807) is 0 Å². The van der Waals surface area contributed by atoms with Crippen LogP contribution in [0, 0.1) is 0 Å². The van der Waals surface area contributed by atoms with Crippen LogP contribution in [0.4, 0.5) is 0 Å². The summed E-state index contributed by atoms with van der Waals surface area (Å²) in [7, 11) is 0. The van der Waals surface area contributed by atoms with Crippen LogP contribution in [0.15, 0.2) is 24.3 Å². The average molecular weight is 292 g/mol. The van der Waals surface area contributed by atoms with E-state index in [2.05, 4.69) is 0 Å². The Hall–Kier alpha value is -1.16. The maximum atomic E-state index is 11.9. The van der Waals surface area contributed by atoms with Crippen molar-refractivity contribution in [2.75, 3.05) is 11.5 Å². The normalized spacial score (nSPS) is 24.7. The predicted molar refractivity (Wildman–Crippen MR) is 80.6 cm³/mol. The minimum atomic E-state index is -0.734. The van der Waals surface area contributed by atoms with E-state index in [1.165, 1.54) is 0 Å². The van der Waals surface area contributed by atoms with Crippen molar-refractivity contribution in [3.05, 3.63) is 29.8 Å². The molecule has 0 radical (unpaired) electrons. The number of rotatable bonds is 4. The Morgan fingerprint density at radius 1 is 1.30 bits per heavy atom. The molecule has 108 valence electrons. The van der Waals surface area contributed by atoms with E-state index in [-0.39, 0.29) is 6.10 Å². The van der Waals surface area contributed by atoms with Crippen molar-refractivity contribution in [3.63, 3.8) is 0 Å². The second-order valence-corrected chi connectivity index (χ2v) is 6.84. The Morgan fingerprint density at radius 2 is 2.05 bits per heavy atom. The first-order valence-electron chi connectivity index (χ1n) is 7.30. The molecular weight excluding hydrogens is 272 g/mol. The van der Waals surface area contributed by atoms with Gasteiger partial charge >= 0.3 is 5.97 Å². The fraction of sp³-hybridized carbons (Fsp3) is 0.562. The summed E-state index contributed by atoms with van der Waals surface area (Å²) in [6.07, 6.45) is 4.71. The summed E-state index contributed by atoms with van der Waals surface area (Å²) in [6.45, 7) is 0. The molecule has 1 aliphatic carbocycles. The van der Waals surface area contributed by atoms with E-state index in [4.69, 9.17) is 4.74 Å². The largest absolute Gasteiger partial charge is 0.489 e. The van der Waals surface area contributed by atoms with Gasteiger partial charge in [0.05, 0.1) is 5.41 Å². The zero-order chi connectivity index (χ0) is 14.0. The maximum Gasteiger partial charge on any atom is 0.314 e. The Bertz CT molecular complexity index is 488. The summed E-state index contributed by atoms with van der Waals surface area (Å²) < 4.78 is 6.11. The first-order valence-corrected chi connectivity index (χ1v) is 8.45. The molecule has 3 rings (SSSR count). The van der Waals surface area contributed by atoms with Crippen LogP contribution in [0.2, 0.25) is 0 Å². The molecule has 1 aliphatic heterocycles. The smallest absolute Gasteiger partial charge is 0.314 e. The number of benzene rings is 1. The first-order chi connectivity index (χ1) is 9.72. The van der Waals surface area contributed by atoms with Gasteiger partial charge in [-0.15, -0.1) is 0 Å². The van der Waals surface area contributed by atoms with E-state index in [1.807, 2.05) is 36.0 Å². The summed E-state index contributed by atoms with van der Waals surface area (Å²) in [5.41, 5.74) is 0.143. The van der Waals surface area contributed by atoms with Gasteiger partial charge in [0.15, 0.2) is 0 Å². The van der Waals surface area contributed by atoms with Crippen molar-refractivity contribution in [1.82, 2.24) is 0 Å². The monoisotopic (exact) mass is 292 g/mol. The van der Waals surface area contributed by atoms with Gasteiger partial charge in [-0.2, -0.15) is 11.8 Å². The first kappa shape index (κ1) is 13.8. The highest BCUT2D eigenvalue weighted by Gasteiger charge is 2.44. The molecule has 1 N–H and O–H groups in total. The van der Waals surface area contributed by atoms with E-state index < -0.39 is 11.4 Å².